The Hall–Kier alpha value is -3.22. The second kappa shape index (κ2) is 8.43. The van der Waals surface area contributed by atoms with Crippen LogP contribution in [0.4, 0.5) is 10.1 Å². The van der Waals surface area contributed by atoms with E-state index in [0.29, 0.717) is 36.8 Å². The number of carbonyl (C=O) groups is 1. The van der Waals surface area contributed by atoms with Gasteiger partial charge in [0.05, 0.1) is 6.42 Å². The molecular formula is C22H23FN4O2. The van der Waals surface area contributed by atoms with Gasteiger partial charge in [-0.1, -0.05) is 24.2 Å². The molecule has 1 saturated heterocycles. The molecule has 150 valence electrons. The summed E-state index contributed by atoms with van der Waals surface area (Å²) >= 11 is 0. The van der Waals surface area contributed by atoms with Gasteiger partial charge >= 0.3 is 0 Å². The van der Waals surface area contributed by atoms with Crippen molar-refractivity contribution in [3.8, 4) is 11.4 Å². The first-order chi connectivity index (χ1) is 14.1. The Labute approximate surface area is 168 Å². The second-order valence-electron chi connectivity index (χ2n) is 7.09. The average Bonchev–Trinajstić information content (AvgIpc) is 3.23. The highest BCUT2D eigenvalue weighted by molar-refractivity contribution is 5.79. The molecular weight excluding hydrogens is 371 g/mol. The van der Waals surface area contributed by atoms with Crippen LogP contribution in [0, 0.1) is 5.82 Å². The molecule has 7 heteroatoms. The fourth-order valence-electron chi connectivity index (χ4n) is 3.48. The number of nitrogens with zero attached hydrogens (tertiary/aromatic N) is 4. The van der Waals surface area contributed by atoms with Crippen LogP contribution >= 0.6 is 0 Å². The molecule has 3 aromatic rings. The third-order valence-electron chi connectivity index (χ3n) is 5.14. The SMILES string of the molecule is CCc1nc(-c2ccc(N3CCN(C(=O)Cc4cccc(F)c4)CC3)cc2)no1. The molecule has 0 radical (unpaired) electrons. The van der Waals surface area contributed by atoms with Crippen molar-refractivity contribution in [3.63, 3.8) is 0 Å². The molecule has 6 nitrogen and oxygen atoms in total. The van der Waals surface area contributed by atoms with Crippen LogP contribution in [0.2, 0.25) is 0 Å². The van der Waals surface area contributed by atoms with Gasteiger partial charge in [-0.3, -0.25) is 4.79 Å². The Bertz CT molecular complexity index is 978. The molecule has 0 atom stereocenters. The number of rotatable bonds is 5. The zero-order valence-electron chi connectivity index (χ0n) is 16.3. The molecule has 1 amide bonds. The van der Waals surface area contributed by atoms with Crippen LogP contribution in [0.1, 0.15) is 18.4 Å². The smallest absolute Gasteiger partial charge is 0.227 e. The topological polar surface area (TPSA) is 62.5 Å². The minimum absolute atomic E-state index is 0.0365. The van der Waals surface area contributed by atoms with Crippen LogP contribution in [0.5, 0.6) is 0 Å². The van der Waals surface area contributed by atoms with Crippen molar-refractivity contribution in [1.82, 2.24) is 15.0 Å². The largest absolute Gasteiger partial charge is 0.368 e. The van der Waals surface area contributed by atoms with E-state index in [0.717, 1.165) is 24.3 Å². The summed E-state index contributed by atoms with van der Waals surface area (Å²) in [7, 11) is 0. The second-order valence-corrected chi connectivity index (χ2v) is 7.09. The van der Waals surface area contributed by atoms with Gasteiger partial charge in [0.1, 0.15) is 5.82 Å². The van der Waals surface area contributed by atoms with Gasteiger partial charge < -0.3 is 14.3 Å². The van der Waals surface area contributed by atoms with Crippen molar-refractivity contribution in [1.29, 1.82) is 0 Å². The Morgan fingerprint density at radius 3 is 2.52 bits per heavy atom. The first-order valence-electron chi connectivity index (χ1n) is 9.82. The zero-order chi connectivity index (χ0) is 20.2. The minimum Gasteiger partial charge on any atom is -0.368 e. The summed E-state index contributed by atoms with van der Waals surface area (Å²) in [4.78, 5) is 21.0. The number of aromatic nitrogens is 2. The molecule has 2 heterocycles. The number of halogens is 1. The highest BCUT2D eigenvalue weighted by atomic mass is 19.1. The van der Waals surface area contributed by atoms with Crippen molar-refractivity contribution in [2.24, 2.45) is 0 Å². The number of piperazine rings is 1. The maximum atomic E-state index is 13.3. The Kier molecular flexibility index (Phi) is 5.55. The van der Waals surface area contributed by atoms with Crippen LogP contribution in [0.25, 0.3) is 11.4 Å². The van der Waals surface area contributed by atoms with Gasteiger partial charge in [0.2, 0.25) is 17.6 Å². The van der Waals surface area contributed by atoms with Crippen molar-refractivity contribution >= 4 is 11.6 Å². The lowest BCUT2D eigenvalue weighted by molar-refractivity contribution is -0.130. The minimum atomic E-state index is -0.310. The van der Waals surface area contributed by atoms with Crippen LogP contribution < -0.4 is 4.90 Å². The lowest BCUT2D eigenvalue weighted by atomic mass is 10.1. The van der Waals surface area contributed by atoms with Gasteiger partial charge in [0, 0.05) is 43.9 Å². The molecule has 29 heavy (non-hydrogen) atoms. The molecule has 0 spiro atoms. The van der Waals surface area contributed by atoms with Crippen molar-refractivity contribution in [2.75, 3.05) is 31.1 Å². The van der Waals surface area contributed by atoms with Gasteiger partial charge in [-0.15, -0.1) is 0 Å². The van der Waals surface area contributed by atoms with E-state index in [1.807, 2.05) is 36.1 Å². The molecule has 1 aromatic heterocycles. The third-order valence-corrected chi connectivity index (χ3v) is 5.14. The van der Waals surface area contributed by atoms with Crippen molar-refractivity contribution in [2.45, 2.75) is 19.8 Å². The van der Waals surface area contributed by atoms with Gasteiger partial charge in [-0.2, -0.15) is 4.98 Å². The monoisotopic (exact) mass is 394 g/mol. The molecule has 0 aliphatic carbocycles. The number of benzene rings is 2. The average molecular weight is 394 g/mol. The van der Waals surface area contributed by atoms with Crippen LogP contribution in [-0.4, -0.2) is 47.1 Å². The van der Waals surface area contributed by atoms with Gasteiger partial charge in [0.15, 0.2) is 0 Å². The van der Waals surface area contributed by atoms with Crippen molar-refractivity contribution < 1.29 is 13.7 Å². The van der Waals surface area contributed by atoms with E-state index in [-0.39, 0.29) is 18.1 Å². The summed E-state index contributed by atoms with van der Waals surface area (Å²) in [6.45, 7) is 4.80. The number of hydrogen-bond acceptors (Lipinski definition) is 5. The fourth-order valence-corrected chi connectivity index (χ4v) is 3.48. The van der Waals surface area contributed by atoms with Gasteiger partial charge in [0.25, 0.3) is 0 Å². The summed E-state index contributed by atoms with van der Waals surface area (Å²) in [5, 5.41) is 4.00. The van der Waals surface area contributed by atoms with Gasteiger partial charge in [-0.05, 0) is 42.0 Å². The molecule has 0 saturated carbocycles. The predicted octanol–water partition coefficient (Wildman–Crippen LogP) is 3.33. The van der Waals surface area contributed by atoms with E-state index in [1.165, 1.54) is 12.1 Å². The van der Waals surface area contributed by atoms with Crippen molar-refractivity contribution in [3.05, 3.63) is 65.8 Å². The molecule has 1 fully saturated rings. The molecule has 0 N–H and O–H groups in total. The first kappa shape index (κ1) is 19.1. The summed E-state index contributed by atoms with van der Waals surface area (Å²) < 4.78 is 18.5. The predicted molar refractivity (Wildman–Crippen MR) is 108 cm³/mol. The van der Waals surface area contributed by atoms with E-state index in [4.69, 9.17) is 4.52 Å². The molecule has 1 aliphatic heterocycles. The third kappa shape index (κ3) is 4.45. The summed E-state index contributed by atoms with van der Waals surface area (Å²) in [6, 6.07) is 14.3. The van der Waals surface area contributed by atoms with E-state index in [2.05, 4.69) is 15.0 Å². The van der Waals surface area contributed by atoms with Crippen LogP contribution in [-0.2, 0) is 17.6 Å². The molecule has 0 unspecified atom stereocenters. The Balaban J connectivity index is 1.33. The van der Waals surface area contributed by atoms with E-state index in [1.54, 1.807) is 12.1 Å². The number of carbonyl (C=O) groups excluding carboxylic acids is 1. The highest BCUT2D eigenvalue weighted by Gasteiger charge is 2.21. The summed E-state index contributed by atoms with van der Waals surface area (Å²) in [5.74, 6) is 0.953. The van der Waals surface area contributed by atoms with Crippen LogP contribution in [0.15, 0.2) is 53.1 Å². The number of hydrogen-bond donors (Lipinski definition) is 0. The Morgan fingerprint density at radius 1 is 1.10 bits per heavy atom. The highest BCUT2D eigenvalue weighted by Crippen LogP contribution is 2.22. The molecule has 2 aromatic carbocycles. The van der Waals surface area contributed by atoms with E-state index < -0.39 is 0 Å². The standard InChI is InChI=1S/C22H23FN4O2/c1-2-20-24-22(25-29-20)17-6-8-19(9-7-17)26-10-12-27(13-11-26)21(28)15-16-4-3-5-18(23)14-16/h3-9,14H,2,10-13,15H2,1H3. The normalized spacial score (nSPS) is 14.3. The quantitative estimate of drug-likeness (QED) is 0.664. The maximum absolute atomic E-state index is 13.3. The molecule has 1 aliphatic rings. The van der Waals surface area contributed by atoms with Crippen LogP contribution in [0.3, 0.4) is 0 Å². The first-order valence-corrected chi connectivity index (χ1v) is 9.82. The zero-order valence-corrected chi connectivity index (χ0v) is 16.3. The fraction of sp³-hybridized carbons (Fsp3) is 0.318. The Morgan fingerprint density at radius 2 is 1.86 bits per heavy atom. The van der Waals surface area contributed by atoms with E-state index in [9.17, 15) is 9.18 Å². The molecule has 0 bridgehead atoms. The molecule has 4 rings (SSSR count). The summed E-state index contributed by atoms with van der Waals surface area (Å²) in [6.07, 6.45) is 0.949. The summed E-state index contributed by atoms with van der Waals surface area (Å²) in [5.41, 5.74) is 2.73. The number of amides is 1. The number of aryl methyl sites for hydroxylation is 1. The lowest BCUT2D eigenvalue weighted by Crippen LogP contribution is -2.49. The maximum Gasteiger partial charge on any atom is 0.227 e. The van der Waals surface area contributed by atoms with E-state index >= 15 is 0 Å². The number of anilines is 1. The van der Waals surface area contributed by atoms with Gasteiger partial charge in [-0.25, -0.2) is 4.39 Å². The lowest BCUT2D eigenvalue weighted by Gasteiger charge is -2.36.